The molecule has 0 aliphatic rings. The van der Waals surface area contributed by atoms with E-state index in [1.54, 1.807) is 12.1 Å². The van der Waals surface area contributed by atoms with Gasteiger partial charge in [-0.1, -0.05) is 11.6 Å². The summed E-state index contributed by atoms with van der Waals surface area (Å²) in [5, 5.41) is 14.4. The minimum absolute atomic E-state index is 0.00331. The van der Waals surface area contributed by atoms with E-state index >= 15 is 0 Å². The van der Waals surface area contributed by atoms with Crippen LogP contribution in [0.25, 0.3) is 0 Å². The molecule has 21 heavy (non-hydrogen) atoms. The molecule has 0 amide bonds. The molecule has 0 saturated heterocycles. The standard InChI is InChI=1S/C11H10BrClN6O2/c1-5-2-6(12)8(3-7(5)13)16-10-9(19(20)21)4-15-11(17-10)18-14/h2-4H,14H2,1H3,(H2,15,16,17,18). The van der Waals surface area contributed by atoms with Crippen molar-refractivity contribution in [2.45, 2.75) is 6.92 Å². The third-order valence-electron chi connectivity index (χ3n) is 2.60. The molecule has 0 spiro atoms. The SMILES string of the molecule is Cc1cc(Br)c(Nc2nc(NN)ncc2[N+](=O)[O-])cc1Cl. The molecule has 0 atom stereocenters. The highest BCUT2D eigenvalue weighted by molar-refractivity contribution is 9.10. The van der Waals surface area contributed by atoms with E-state index in [2.05, 4.69) is 36.6 Å². The maximum atomic E-state index is 11.0. The number of rotatable bonds is 4. The van der Waals surface area contributed by atoms with Gasteiger partial charge in [-0.3, -0.25) is 15.5 Å². The molecule has 1 aromatic heterocycles. The number of hydrogen-bond acceptors (Lipinski definition) is 7. The van der Waals surface area contributed by atoms with Crippen LogP contribution in [0.1, 0.15) is 5.56 Å². The lowest BCUT2D eigenvalue weighted by Crippen LogP contribution is -2.12. The van der Waals surface area contributed by atoms with Crippen LogP contribution in [0.15, 0.2) is 22.8 Å². The third-order valence-corrected chi connectivity index (χ3v) is 3.66. The van der Waals surface area contributed by atoms with Crippen LogP contribution in [-0.4, -0.2) is 14.9 Å². The number of aromatic nitrogens is 2. The van der Waals surface area contributed by atoms with Gasteiger partial charge in [0.25, 0.3) is 0 Å². The van der Waals surface area contributed by atoms with Gasteiger partial charge in [-0.2, -0.15) is 4.98 Å². The summed E-state index contributed by atoms with van der Waals surface area (Å²) in [4.78, 5) is 18.1. The molecule has 0 aliphatic heterocycles. The molecule has 0 bridgehead atoms. The van der Waals surface area contributed by atoms with Crippen LogP contribution >= 0.6 is 27.5 Å². The van der Waals surface area contributed by atoms with E-state index in [4.69, 9.17) is 17.4 Å². The predicted molar refractivity (Wildman–Crippen MR) is 83.7 cm³/mol. The summed E-state index contributed by atoms with van der Waals surface area (Å²) < 4.78 is 0.694. The number of nitro groups is 1. The van der Waals surface area contributed by atoms with Gasteiger partial charge in [-0.05, 0) is 40.5 Å². The Morgan fingerprint density at radius 2 is 2.19 bits per heavy atom. The fraction of sp³-hybridized carbons (Fsp3) is 0.0909. The number of nitrogen functional groups attached to an aromatic ring is 1. The van der Waals surface area contributed by atoms with Gasteiger partial charge >= 0.3 is 5.69 Å². The van der Waals surface area contributed by atoms with E-state index < -0.39 is 4.92 Å². The van der Waals surface area contributed by atoms with E-state index in [0.29, 0.717) is 15.2 Å². The van der Waals surface area contributed by atoms with Crippen molar-refractivity contribution < 1.29 is 4.92 Å². The molecule has 4 N–H and O–H groups in total. The number of aryl methyl sites for hydroxylation is 1. The largest absolute Gasteiger partial charge is 0.333 e. The van der Waals surface area contributed by atoms with Crippen molar-refractivity contribution in [3.63, 3.8) is 0 Å². The smallest absolute Gasteiger partial charge is 0.329 e. The molecule has 2 rings (SSSR count). The molecule has 0 radical (unpaired) electrons. The normalized spacial score (nSPS) is 10.3. The van der Waals surface area contributed by atoms with Gasteiger partial charge in [0.15, 0.2) is 0 Å². The van der Waals surface area contributed by atoms with E-state index in [-0.39, 0.29) is 17.5 Å². The maximum absolute atomic E-state index is 11.0. The first-order valence-electron chi connectivity index (χ1n) is 5.63. The Labute approximate surface area is 133 Å². The van der Waals surface area contributed by atoms with Gasteiger partial charge < -0.3 is 5.32 Å². The van der Waals surface area contributed by atoms with Crippen molar-refractivity contribution in [1.29, 1.82) is 0 Å². The lowest BCUT2D eigenvalue weighted by atomic mass is 10.2. The third kappa shape index (κ3) is 3.38. The van der Waals surface area contributed by atoms with Crippen LogP contribution in [0.4, 0.5) is 23.1 Å². The molecule has 110 valence electrons. The average Bonchev–Trinajstić information content (AvgIpc) is 2.44. The number of anilines is 3. The number of halogens is 2. The van der Waals surface area contributed by atoms with E-state index in [1.165, 1.54) is 0 Å². The predicted octanol–water partition coefficient (Wildman–Crippen LogP) is 3.14. The number of nitrogens with zero attached hydrogens (tertiary/aromatic N) is 3. The Hall–Kier alpha value is -1.97. The molecule has 0 saturated carbocycles. The summed E-state index contributed by atoms with van der Waals surface area (Å²) in [5.41, 5.74) is 3.36. The highest BCUT2D eigenvalue weighted by Gasteiger charge is 2.18. The Balaban J connectivity index is 2.47. The van der Waals surface area contributed by atoms with Crippen molar-refractivity contribution in [3.05, 3.63) is 43.5 Å². The Morgan fingerprint density at radius 1 is 1.48 bits per heavy atom. The highest BCUT2D eigenvalue weighted by Crippen LogP contribution is 2.33. The Morgan fingerprint density at radius 3 is 2.81 bits per heavy atom. The minimum atomic E-state index is -0.591. The summed E-state index contributed by atoms with van der Waals surface area (Å²) in [6.45, 7) is 1.85. The zero-order valence-electron chi connectivity index (χ0n) is 10.7. The van der Waals surface area contributed by atoms with Crippen molar-refractivity contribution in [1.82, 2.24) is 9.97 Å². The second kappa shape index (κ2) is 6.20. The molecule has 8 nitrogen and oxygen atoms in total. The lowest BCUT2D eigenvalue weighted by Gasteiger charge is -2.10. The molecular formula is C11H10BrClN6O2. The molecule has 10 heteroatoms. The average molecular weight is 374 g/mol. The molecule has 0 aliphatic carbocycles. The Bertz CT molecular complexity index is 711. The molecule has 1 aromatic carbocycles. The van der Waals surface area contributed by atoms with E-state index in [0.717, 1.165) is 11.8 Å². The zero-order valence-corrected chi connectivity index (χ0v) is 13.1. The van der Waals surface area contributed by atoms with Crippen molar-refractivity contribution in [2.24, 2.45) is 5.84 Å². The second-order valence-corrected chi connectivity index (χ2v) is 5.30. The second-order valence-electron chi connectivity index (χ2n) is 4.04. The lowest BCUT2D eigenvalue weighted by molar-refractivity contribution is -0.384. The van der Waals surface area contributed by atoms with E-state index in [9.17, 15) is 10.1 Å². The van der Waals surface area contributed by atoms with Gasteiger partial charge in [-0.15, -0.1) is 0 Å². The topological polar surface area (TPSA) is 119 Å². The maximum Gasteiger partial charge on any atom is 0.329 e. The molecule has 2 aromatic rings. The van der Waals surface area contributed by atoms with Gasteiger partial charge in [-0.25, -0.2) is 10.8 Å². The van der Waals surface area contributed by atoms with E-state index in [1.807, 2.05) is 6.92 Å². The van der Waals surface area contributed by atoms with Gasteiger partial charge in [0.2, 0.25) is 11.8 Å². The summed E-state index contributed by atoms with van der Waals surface area (Å²) in [6, 6.07) is 3.43. The number of hydrogen-bond donors (Lipinski definition) is 3. The number of hydrazine groups is 1. The van der Waals surface area contributed by atoms with Crippen LogP contribution in [0, 0.1) is 17.0 Å². The summed E-state index contributed by atoms with van der Waals surface area (Å²) in [6.07, 6.45) is 1.06. The number of nitrogens with one attached hydrogen (secondary N) is 2. The monoisotopic (exact) mass is 372 g/mol. The molecular weight excluding hydrogens is 364 g/mol. The molecule has 0 fully saturated rings. The van der Waals surface area contributed by atoms with Gasteiger partial charge in [0.1, 0.15) is 6.20 Å². The number of benzene rings is 1. The van der Waals surface area contributed by atoms with Crippen LogP contribution in [0.5, 0.6) is 0 Å². The molecule has 0 unspecified atom stereocenters. The minimum Gasteiger partial charge on any atom is -0.333 e. The highest BCUT2D eigenvalue weighted by atomic mass is 79.9. The first-order valence-corrected chi connectivity index (χ1v) is 6.80. The van der Waals surface area contributed by atoms with Crippen LogP contribution in [0.2, 0.25) is 5.02 Å². The zero-order chi connectivity index (χ0) is 15.6. The van der Waals surface area contributed by atoms with Gasteiger partial charge in [0, 0.05) is 9.50 Å². The Kier molecular flexibility index (Phi) is 4.56. The summed E-state index contributed by atoms with van der Waals surface area (Å²) >= 11 is 9.41. The molecule has 1 heterocycles. The van der Waals surface area contributed by atoms with Crippen LogP contribution in [-0.2, 0) is 0 Å². The fourth-order valence-electron chi connectivity index (χ4n) is 1.54. The van der Waals surface area contributed by atoms with Crippen LogP contribution in [0.3, 0.4) is 0 Å². The first-order chi connectivity index (χ1) is 9.92. The summed E-state index contributed by atoms with van der Waals surface area (Å²) in [5.74, 6) is 5.27. The van der Waals surface area contributed by atoms with Crippen LogP contribution < -0.4 is 16.6 Å². The summed E-state index contributed by atoms with van der Waals surface area (Å²) in [7, 11) is 0. The van der Waals surface area contributed by atoms with Crippen molar-refractivity contribution >= 4 is 50.7 Å². The number of nitrogens with two attached hydrogens (primary N) is 1. The van der Waals surface area contributed by atoms with Gasteiger partial charge in [0.05, 0.1) is 10.6 Å². The fourth-order valence-corrected chi connectivity index (χ4v) is 2.26. The quantitative estimate of drug-likeness (QED) is 0.428. The van der Waals surface area contributed by atoms with Crippen molar-refractivity contribution in [2.75, 3.05) is 10.7 Å². The van der Waals surface area contributed by atoms with Crippen molar-refractivity contribution in [3.8, 4) is 0 Å². The first kappa shape index (κ1) is 15.4.